The minimum atomic E-state index is 0.701. The molecule has 0 aromatic heterocycles. The number of piperazine rings is 1. The second-order valence-corrected chi connectivity index (χ2v) is 4.99. The average molecular weight is 265 g/mol. The van der Waals surface area contributed by atoms with Crippen molar-refractivity contribution < 1.29 is 9.47 Å². The molecule has 0 aliphatic carbocycles. The van der Waals surface area contributed by atoms with Gasteiger partial charge in [-0.25, -0.2) is 0 Å². The maximum Gasteiger partial charge on any atom is 0.165 e. The molecule has 0 saturated carbocycles. The standard InChI is InChI=1S/C14H23N3O2/c1-16-4-6-17(7-5-16)10-11-8-12(15)9-13(18-2)14(11)19-3/h8-9H,4-7,10,15H2,1-3H3. The first-order valence-electron chi connectivity index (χ1n) is 6.55. The van der Waals surface area contributed by atoms with Crippen molar-refractivity contribution in [3.05, 3.63) is 17.7 Å². The van der Waals surface area contributed by atoms with E-state index in [2.05, 4.69) is 16.8 Å². The fourth-order valence-electron chi connectivity index (χ4n) is 2.43. The van der Waals surface area contributed by atoms with Gasteiger partial charge in [-0.05, 0) is 13.1 Å². The first kappa shape index (κ1) is 14.0. The quantitative estimate of drug-likeness (QED) is 0.824. The van der Waals surface area contributed by atoms with Crippen LogP contribution in [-0.2, 0) is 6.54 Å². The largest absolute Gasteiger partial charge is 0.493 e. The van der Waals surface area contributed by atoms with Gasteiger partial charge in [-0.3, -0.25) is 4.90 Å². The van der Waals surface area contributed by atoms with Gasteiger partial charge in [0, 0.05) is 50.0 Å². The molecular weight excluding hydrogens is 242 g/mol. The van der Waals surface area contributed by atoms with Gasteiger partial charge in [0.05, 0.1) is 14.2 Å². The summed E-state index contributed by atoms with van der Waals surface area (Å²) >= 11 is 0. The topological polar surface area (TPSA) is 51.0 Å². The van der Waals surface area contributed by atoms with Crippen LogP contribution in [-0.4, -0.2) is 57.2 Å². The van der Waals surface area contributed by atoms with Crippen molar-refractivity contribution in [2.75, 3.05) is 53.2 Å². The summed E-state index contributed by atoms with van der Waals surface area (Å²) in [7, 11) is 5.46. The Balaban J connectivity index is 2.17. The molecule has 1 aromatic carbocycles. The first-order valence-corrected chi connectivity index (χ1v) is 6.55. The van der Waals surface area contributed by atoms with E-state index in [1.165, 1.54) is 0 Å². The number of rotatable bonds is 4. The molecule has 0 atom stereocenters. The highest BCUT2D eigenvalue weighted by atomic mass is 16.5. The molecular formula is C14H23N3O2. The van der Waals surface area contributed by atoms with Crippen LogP contribution in [0.2, 0.25) is 0 Å². The molecule has 5 nitrogen and oxygen atoms in total. The minimum Gasteiger partial charge on any atom is -0.493 e. The molecule has 5 heteroatoms. The van der Waals surface area contributed by atoms with Crippen LogP contribution in [0.1, 0.15) is 5.56 Å². The van der Waals surface area contributed by atoms with Crippen LogP contribution in [0.25, 0.3) is 0 Å². The van der Waals surface area contributed by atoms with Gasteiger partial charge in [-0.15, -0.1) is 0 Å². The predicted octanol–water partition coefficient (Wildman–Crippen LogP) is 1.03. The third kappa shape index (κ3) is 3.30. The van der Waals surface area contributed by atoms with Crippen LogP contribution in [0.4, 0.5) is 5.69 Å². The highest BCUT2D eigenvalue weighted by Crippen LogP contribution is 2.34. The molecule has 0 amide bonds. The minimum absolute atomic E-state index is 0.701. The lowest BCUT2D eigenvalue weighted by atomic mass is 10.1. The zero-order valence-corrected chi connectivity index (χ0v) is 12.0. The van der Waals surface area contributed by atoms with E-state index in [0.717, 1.165) is 44.0 Å². The van der Waals surface area contributed by atoms with Crippen LogP contribution in [0, 0.1) is 0 Å². The number of benzene rings is 1. The summed E-state index contributed by atoms with van der Waals surface area (Å²) in [4.78, 5) is 4.75. The molecule has 0 radical (unpaired) electrons. The zero-order chi connectivity index (χ0) is 13.8. The number of anilines is 1. The Hall–Kier alpha value is -1.46. The van der Waals surface area contributed by atoms with Crippen molar-refractivity contribution >= 4 is 5.69 Å². The van der Waals surface area contributed by atoms with Gasteiger partial charge in [-0.1, -0.05) is 0 Å². The molecule has 2 rings (SSSR count). The Morgan fingerprint density at radius 3 is 2.37 bits per heavy atom. The summed E-state index contributed by atoms with van der Waals surface area (Å²) in [5.41, 5.74) is 7.72. The van der Waals surface area contributed by atoms with Gasteiger partial charge in [0.2, 0.25) is 0 Å². The fraction of sp³-hybridized carbons (Fsp3) is 0.571. The smallest absolute Gasteiger partial charge is 0.165 e. The lowest BCUT2D eigenvalue weighted by Crippen LogP contribution is -2.43. The second-order valence-electron chi connectivity index (χ2n) is 4.99. The predicted molar refractivity (Wildman–Crippen MR) is 76.7 cm³/mol. The Kier molecular flexibility index (Phi) is 4.50. The number of methoxy groups -OCH3 is 2. The number of likely N-dealkylation sites (N-methyl/N-ethyl adjacent to an activating group) is 1. The summed E-state index contributed by atoms with van der Waals surface area (Å²) < 4.78 is 10.8. The van der Waals surface area contributed by atoms with Crippen LogP contribution >= 0.6 is 0 Å². The van der Waals surface area contributed by atoms with E-state index in [9.17, 15) is 0 Å². The zero-order valence-electron chi connectivity index (χ0n) is 12.0. The Labute approximate surface area is 114 Å². The summed E-state index contributed by atoms with van der Waals surface area (Å²) in [5.74, 6) is 1.49. The van der Waals surface area contributed by atoms with Crippen LogP contribution < -0.4 is 15.2 Å². The van der Waals surface area contributed by atoms with Crippen molar-refractivity contribution in [2.24, 2.45) is 0 Å². The van der Waals surface area contributed by atoms with Gasteiger partial charge in [0.1, 0.15) is 0 Å². The molecule has 1 aromatic rings. The second kappa shape index (κ2) is 6.12. The molecule has 0 spiro atoms. The van der Waals surface area contributed by atoms with E-state index in [1.54, 1.807) is 20.3 Å². The van der Waals surface area contributed by atoms with Crippen LogP contribution in [0.3, 0.4) is 0 Å². The number of nitrogens with two attached hydrogens (primary N) is 1. The summed E-state index contributed by atoms with van der Waals surface area (Å²) in [6, 6.07) is 3.77. The van der Waals surface area contributed by atoms with Gasteiger partial charge in [-0.2, -0.15) is 0 Å². The maximum atomic E-state index is 5.92. The number of hydrogen-bond acceptors (Lipinski definition) is 5. The van der Waals surface area contributed by atoms with Crippen molar-refractivity contribution in [1.29, 1.82) is 0 Å². The fourth-order valence-corrected chi connectivity index (χ4v) is 2.43. The molecule has 1 heterocycles. The molecule has 2 N–H and O–H groups in total. The van der Waals surface area contributed by atoms with Gasteiger partial charge in [0.15, 0.2) is 11.5 Å². The summed E-state index contributed by atoms with van der Waals surface area (Å²) in [6.45, 7) is 5.18. The van der Waals surface area contributed by atoms with E-state index >= 15 is 0 Å². The van der Waals surface area contributed by atoms with E-state index in [4.69, 9.17) is 15.2 Å². The SMILES string of the molecule is COc1cc(N)cc(CN2CCN(C)CC2)c1OC. The molecule has 1 aliphatic heterocycles. The van der Waals surface area contributed by atoms with E-state index in [0.29, 0.717) is 11.4 Å². The van der Waals surface area contributed by atoms with Crippen molar-refractivity contribution in [2.45, 2.75) is 6.54 Å². The molecule has 1 fully saturated rings. The lowest BCUT2D eigenvalue weighted by Gasteiger charge is -2.32. The van der Waals surface area contributed by atoms with Crippen LogP contribution in [0.5, 0.6) is 11.5 Å². The molecule has 0 unspecified atom stereocenters. The normalized spacial score (nSPS) is 17.4. The Morgan fingerprint density at radius 1 is 1.11 bits per heavy atom. The molecule has 0 bridgehead atoms. The monoisotopic (exact) mass is 265 g/mol. The summed E-state index contributed by atoms with van der Waals surface area (Å²) in [6.07, 6.45) is 0. The van der Waals surface area contributed by atoms with E-state index in [-0.39, 0.29) is 0 Å². The van der Waals surface area contributed by atoms with Gasteiger partial charge >= 0.3 is 0 Å². The van der Waals surface area contributed by atoms with E-state index < -0.39 is 0 Å². The summed E-state index contributed by atoms with van der Waals surface area (Å²) in [5, 5.41) is 0. The molecule has 1 saturated heterocycles. The highest BCUT2D eigenvalue weighted by Gasteiger charge is 2.18. The first-order chi connectivity index (χ1) is 9.13. The van der Waals surface area contributed by atoms with Crippen LogP contribution in [0.15, 0.2) is 12.1 Å². The number of nitrogens with zero attached hydrogens (tertiary/aromatic N) is 2. The Bertz CT molecular complexity index is 429. The third-order valence-electron chi connectivity index (χ3n) is 3.57. The van der Waals surface area contributed by atoms with E-state index in [1.807, 2.05) is 6.07 Å². The van der Waals surface area contributed by atoms with Crippen molar-refractivity contribution in [3.8, 4) is 11.5 Å². The molecule has 19 heavy (non-hydrogen) atoms. The van der Waals surface area contributed by atoms with Crippen molar-refractivity contribution in [3.63, 3.8) is 0 Å². The average Bonchev–Trinajstić information content (AvgIpc) is 2.40. The molecule has 1 aliphatic rings. The number of nitrogen functional groups attached to an aromatic ring is 1. The van der Waals surface area contributed by atoms with Crippen molar-refractivity contribution in [1.82, 2.24) is 9.80 Å². The third-order valence-corrected chi connectivity index (χ3v) is 3.57. The number of ether oxygens (including phenoxy) is 2. The van der Waals surface area contributed by atoms with Gasteiger partial charge in [0.25, 0.3) is 0 Å². The maximum absolute atomic E-state index is 5.92. The number of hydrogen-bond donors (Lipinski definition) is 1. The van der Waals surface area contributed by atoms with Gasteiger partial charge < -0.3 is 20.1 Å². The lowest BCUT2D eigenvalue weighted by molar-refractivity contribution is 0.147. The molecule has 106 valence electrons. The Morgan fingerprint density at radius 2 is 1.79 bits per heavy atom. The highest BCUT2D eigenvalue weighted by molar-refractivity contribution is 5.57.